The molecule has 2 aromatic carbocycles. The molecule has 0 bridgehead atoms. The summed E-state index contributed by atoms with van der Waals surface area (Å²) >= 11 is 0. The Hall–Kier alpha value is -1.96. The lowest BCUT2D eigenvalue weighted by Crippen LogP contribution is -1.92. The topological polar surface area (TPSA) is 18.5 Å². The van der Waals surface area contributed by atoms with Gasteiger partial charge in [-0.3, -0.25) is 0 Å². The van der Waals surface area contributed by atoms with E-state index in [4.69, 9.17) is 9.47 Å². The van der Waals surface area contributed by atoms with Crippen LogP contribution in [-0.4, -0.2) is 14.2 Å². The summed E-state index contributed by atoms with van der Waals surface area (Å²) in [5, 5.41) is 0. The molecule has 0 spiro atoms. The molecule has 0 N–H and O–H groups in total. The van der Waals surface area contributed by atoms with Gasteiger partial charge in [-0.15, -0.1) is 0 Å². The lowest BCUT2D eigenvalue weighted by atomic mass is 10.1. The van der Waals surface area contributed by atoms with Gasteiger partial charge in [0.05, 0.1) is 14.2 Å². The van der Waals surface area contributed by atoms with Gasteiger partial charge in [-0.25, -0.2) is 0 Å². The molecule has 17 heavy (non-hydrogen) atoms. The maximum absolute atomic E-state index is 5.35. The zero-order valence-corrected chi connectivity index (χ0v) is 9.99. The van der Waals surface area contributed by atoms with E-state index in [1.807, 2.05) is 0 Å². The van der Waals surface area contributed by atoms with Gasteiger partial charge in [0.1, 0.15) is 0 Å². The SMILES string of the molecule is COc1cc2c(cc1OC)-c1ccccc1C2. The molecule has 0 atom stereocenters. The van der Waals surface area contributed by atoms with Gasteiger partial charge >= 0.3 is 0 Å². The second-order valence-corrected chi connectivity index (χ2v) is 4.20. The first-order valence-corrected chi connectivity index (χ1v) is 5.66. The van der Waals surface area contributed by atoms with Crippen LogP contribution < -0.4 is 9.47 Å². The molecular weight excluding hydrogens is 212 g/mol. The molecule has 86 valence electrons. The Balaban J connectivity index is 2.20. The zero-order valence-electron chi connectivity index (χ0n) is 9.99. The Labute approximate surface area is 101 Å². The van der Waals surface area contributed by atoms with Crippen LogP contribution in [0.25, 0.3) is 11.1 Å². The zero-order chi connectivity index (χ0) is 11.8. The van der Waals surface area contributed by atoms with E-state index in [-0.39, 0.29) is 0 Å². The highest BCUT2D eigenvalue weighted by atomic mass is 16.5. The van der Waals surface area contributed by atoms with Crippen LogP contribution in [0.4, 0.5) is 0 Å². The molecule has 0 saturated carbocycles. The summed E-state index contributed by atoms with van der Waals surface area (Å²) in [6.45, 7) is 0. The molecule has 0 radical (unpaired) electrons. The Morgan fingerprint density at radius 3 is 2.29 bits per heavy atom. The average Bonchev–Trinajstić information content (AvgIpc) is 2.74. The highest BCUT2D eigenvalue weighted by Gasteiger charge is 2.20. The largest absolute Gasteiger partial charge is 0.493 e. The summed E-state index contributed by atoms with van der Waals surface area (Å²) in [5.41, 5.74) is 5.25. The molecule has 1 aliphatic rings. The molecule has 0 heterocycles. The van der Waals surface area contributed by atoms with Crippen LogP contribution in [0.2, 0.25) is 0 Å². The van der Waals surface area contributed by atoms with Crippen LogP contribution in [0.5, 0.6) is 11.5 Å². The maximum atomic E-state index is 5.35. The standard InChI is InChI=1S/C15H14O2/c1-16-14-8-11-7-10-5-3-4-6-12(10)13(11)9-15(14)17-2/h3-6,8-9H,7H2,1-2H3. The second-order valence-electron chi connectivity index (χ2n) is 4.20. The van der Waals surface area contributed by atoms with E-state index in [1.54, 1.807) is 14.2 Å². The predicted molar refractivity (Wildman–Crippen MR) is 67.8 cm³/mol. The van der Waals surface area contributed by atoms with E-state index in [9.17, 15) is 0 Å². The normalized spacial score (nSPS) is 11.9. The summed E-state index contributed by atoms with van der Waals surface area (Å²) in [6, 6.07) is 12.6. The molecule has 0 unspecified atom stereocenters. The smallest absolute Gasteiger partial charge is 0.161 e. The third kappa shape index (κ3) is 1.48. The Morgan fingerprint density at radius 1 is 0.824 bits per heavy atom. The van der Waals surface area contributed by atoms with E-state index in [0.29, 0.717) is 0 Å². The molecule has 1 aliphatic carbocycles. The van der Waals surface area contributed by atoms with Gasteiger partial charge in [-0.2, -0.15) is 0 Å². The second kappa shape index (κ2) is 3.81. The van der Waals surface area contributed by atoms with Crippen molar-refractivity contribution < 1.29 is 9.47 Å². The Bertz CT molecular complexity index is 573. The fourth-order valence-corrected chi connectivity index (χ4v) is 2.46. The number of hydrogen-bond donors (Lipinski definition) is 0. The molecule has 3 rings (SSSR count). The average molecular weight is 226 g/mol. The van der Waals surface area contributed by atoms with Crippen LogP contribution >= 0.6 is 0 Å². The van der Waals surface area contributed by atoms with Crippen molar-refractivity contribution in [2.75, 3.05) is 14.2 Å². The van der Waals surface area contributed by atoms with E-state index < -0.39 is 0 Å². The van der Waals surface area contributed by atoms with Crippen LogP contribution in [0.1, 0.15) is 11.1 Å². The van der Waals surface area contributed by atoms with Crippen molar-refractivity contribution in [3.8, 4) is 22.6 Å². The molecule has 0 amide bonds. The lowest BCUT2D eigenvalue weighted by molar-refractivity contribution is 0.355. The van der Waals surface area contributed by atoms with Crippen molar-refractivity contribution in [3.05, 3.63) is 47.5 Å². The van der Waals surface area contributed by atoms with E-state index >= 15 is 0 Å². The number of ether oxygens (including phenoxy) is 2. The third-order valence-corrected chi connectivity index (χ3v) is 3.30. The number of fused-ring (bicyclic) bond motifs is 3. The van der Waals surface area contributed by atoms with Gasteiger partial charge in [0.25, 0.3) is 0 Å². The van der Waals surface area contributed by atoms with Crippen molar-refractivity contribution in [1.29, 1.82) is 0 Å². The molecule has 0 fully saturated rings. The highest BCUT2D eigenvalue weighted by Crippen LogP contribution is 2.42. The van der Waals surface area contributed by atoms with Crippen molar-refractivity contribution in [3.63, 3.8) is 0 Å². The molecule has 2 aromatic rings. The first-order valence-electron chi connectivity index (χ1n) is 5.66. The fraction of sp³-hybridized carbons (Fsp3) is 0.200. The Morgan fingerprint density at radius 2 is 1.53 bits per heavy atom. The molecule has 0 saturated heterocycles. The minimum absolute atomic E-state index is 0.794. The highest BCUT2D eigenvalue weighted by molar-refractivity contribution is 5.79. The number of hydrogen-bond acceptors (Lipinski definition) is 2. The fourth-order valence-electron chi connectivity index (χ4n) is 2.46. The minimum Gasteiger partial charge on any atom is -0.493 e. The van der Waals surface area contributed by atoms with Crippen LogP contribution in [0.15, 0.2) is 36.4 Å². The minimum atomic E-state index is 0.794. The lowest BCUT2D eigenvalue weighted by Gasteiger charge is -2.10. The monoisotopic (exact) mass is 226 g/mol. The van der Waals surface area contributed by atoms with Crippen molar-refractivity contribution in [2.45, 2.75) is 6.42 Å². The number of benzene rings is 2. The van der Waals surface area contributed by atoms with Gasteiger partial charge in [0.2, 0.25) is 0 Å². The third-order valence-electron chi connectivity index (χ3n) is 3.30. The summed E-state index contributed by atoms with van der Waals surface area (Å²) < 4.78 is 10.7. The number of rotatable bonds is 2. The van der Waals surface area contributed by atoms with Gasteiger partial charge < -0.3 is 9.47 Å². The Kier molecular flexibility index (Phi) is 2.29. The van der Waals surface area contributed by atoms with Gasteiger partial charge in [-0.1, -0.05) is 24.3 Å². The number of methoxy groups -OCH3 is 2. The maximum Gasteiger partial charge on any atom is 0.161 e. The van der Waals surface area contributed by atoms with Gasteiger partial charge in [-0.05, 0) is 40.8 Å². The summed E-state index contributed by atoms with van der Waals surface area (Å²) in [6.07, 6.45) is 0.978. The molecular formula is C15H14O2. The molecule has 2 heteroatoms. The van der Waals surface area contributed by atoms with Crippen molar-refractivity contribution in [1.82, 2.24) is 0 Å². The van der Waals surface area contributed by atoms with E-state index in [1.165, 1.54) is 22.3 Å². The summed E-state index contributed by atoms with van der Waals surface area (Å²) in [7, 11) is 3.34. The van der Waals surface area contributed by atoms with Crippen molar-refractivity contribution >= 4 is 0 Å². The summed E-state index contributed by atoms with van der Waals surface area (Å²) in [5.74, 6) is 1.60. The summed E-state index contributed by atoms with van der Waals surface area (Å²) in [4.78, 5) is 0. The molecule has 0 aromatic heterocycles. The molecule has 2 nitrogen and oxygen atoms in total. The van der Waals surface area contributed by atoms with Crippen LogP contribution in [0, 0.1) is 0 Å². The van der Waals surface area contributed by atoms with Crippen molar-refractivity contribution in [2.24, 2.45) is 0 Å². The van der Waals surface area contributed by atoms with Crippen LogP contribution in [-0.2, 0) is 6.42 Å². The quantitative estimate of drug-likeness (QED) is 0.667. The van der Waals surface area contributed by atoms with Gasteiger partial charge in [0, 0.05) is 0 Å². The van der Waals surface area contributed by atoms with E-state index in [0.717, 1.165) is 17.9 Å². The van der Waals surface area contributed by atoms with Crippen LogP contribution in [0.3, 0.4) is 0 Å². The first kappa shape index (κ1) is 10.2. The predicted octanol–water partition coefficient (Wildman–Crippen LogP) is 3.28. The van der Waals surface area contributed by atoms with E-state index in [2.05, 4.69) is 36.4 Å². The van der Waals surface area contributed by atoms with Gasteiger partial charge in [0.15, 0.2) is 11.5 Å². The first-order chi connectivity index (χ1) is 8.33. The molecule has 0 aliphatic heterocycles.